The zero-order valence-corrected chi connectivity index (χ0v) is 17.0. The Kier molecular flexibility index (Phi) is 6.06. The van der Waals surface area contributed by atoms with Crippen molar-refractivity contribution in [2.24, 2.45) is 0 Å². The predicted octanol–water partition coefficient (Wildman–Crippen LogP) is 5.65. The monoisotopic (exact) mass is 409 g/mol. The molecule has 2 aromatic carbocycles. The molecule has 3 nitrogen and oxygen atoms in total. The minimum atomic E-state index is -0.315. The minimum Gasteiger partial charge on any atom is -0.487 e. The molecule has 138 valence electrons. The van der Waals surface area contributed by atoms with Gasteiger partial charge in [-0.05, 0) is 37.6 Å². The number of benzene rings is 2. The van der Waals surface area contributed by atoms with E-state index in [1.54, 1.807) is 0 Å². The van der Waals surface area contributed by atoms with Crippen molar-refractivity contribution in [3.8, 4) is 5.75 Å². The summed E-state index contributed by atoms with van der Waals surface area (Å²) in [5.41, 5.74) is 1.58. The Balaban J connectivity index is 1.60. The van der Waals surface area contributed by atoms with Crippen molar-refractivity contribution in [1.82, 2.24) is 5.32 Å². The zero-order valence-electron chi connectivity index (χ0n) is 14.7. The van der Waals surface area contributed by atoms with E-state index >= 15 is 0 Å². The van der Waals surface area contributed by atoms with Gasteiger partial charge in [-0.1, -0.05) is 47.5 Å². The van der Waals surface area contributed by atoms with Crippen LogP contribution in [0.4, 0.5) is 0 Å². The van der Waals surface area contributed by atoms with Crippen molar-refractivity contribution >= 4 is 40.9 Å². The number of ether oxygens (including phenoxy) is 1. The average Bonchev–Trinajstić information content (AvgIpc) is 2.56. The van der Waals surface area contributed by atoms with Crippen LogP contribution in [0.1, 0.15) is 37.4 Å². The van der Waals surface area contributed by atoms with Crippen LogP contribution in [0.3, 0.4) is 0 Å². The Morgan fingerprint density at radius 2 is 1.88 bits per heavy atom. The molecule has 1 aliphatic heterocycles. The predicted molar refractivity (Wildman–Crippen MR) is 109 cm³/mol. The fourth-order valence-electron chi connectivity index (χ4n) is 3.08. The molecule has 0 radical (unpaired) electrons. The van der Waals surface area contributed by atoms with Gasteiger partial charge in [-0.2, -0.15) is 0 Å². The first-order valence-corrected chi connectivity index (χ1v) is 10.3. The summed E-state index contributed by atoms with van der Waals surface area (Å²) in [5, 5.41) is 4.40. The lowest BCUT2D eigenvalue weighted by Crippen LogP contribution is -2.41. The van der Waals surface area contributed by atoms with Crippen molar-refractivity contribution in [2.75, 3.05) is 5.75 Å². The third-order valence-corrected chi connectivity index (χ3v) is 5.92. The van der Waals surface area contributed by atoms with E-state index in [4.69, 9.17) is 27.9 Å². The number of carbonyl (C=O) groups is 1. The molecular formula is C20H21Cl2NO2S. The Hall–Kier alpha value is -1.36. The SMILES string of the molecule is CC1(C)C[C@H](NC(=O)CSCc2c(Cl)cccc2Cl)c2ccccc2O1. The second-order valence-corrected chi connectivity index (χ2v) is 8.72. The lowest BCUT2D eigenvalue weighted by atomic mass is 9.90. The number of fused-ring (bicyclic) bond motifs is 1. The van der Waals surface area contributed by atoms with Crippen molar-refractivity contribution in [3.63, 3.8) is 0 Å². The Morgan fingerprint density at radius 3 is 2.62 bits per heavy atom. The third-order valence-electron chi connectivity index (χ3n) is 4.25. The van der Waals surface area contributed by atoms with Crippen LogP contribution in [0.2, 0.25) is 10.0 Å². The second-order valence-electron chi connectivity index (χ2n) is 6.92. The van der Waals surface area contributed by atoms with E-state index in [0.29, 0.717) is 21.6 Å². The van der Waals surface area contributed by atoms with E-state index in [1.807, 2.05) is 56.3 Å². The van der Waals surface area contributed by atoms with Gasteiger partial charge < -0.3 is 10.1 Å². The minimum absolute atomic E-state index is 0.00400. The number of carbonyl (C=O) groups excluding carboxylic acids is 1. The highest BCUT2D eigenvalue weighted by Crippen LogP contribution is 2.39. The quantitative estimate of drug-likeness (QED) is 0.693. The van der Waals surface area contributed by atoms with Crippen LogP contribution in [0.15, 0.2) is 42.5 Å². The standard InChI is InChI=1S/C20H21Cl2NO2S/c1-20(2)10-17(13-6-3-4-9-18(13)25-20)23-19(24)12-26-11-14-15(21)7-5-8-16(14)22/h3-9,17H,10-12H2,1-2H3,(H,23,24)/t17-/m0/s1. The highest BCUT2D eigenvalue weighted by Gasteiger charge is 2.34. The lowest BCUT2D eigenvalue weighted by molar-refractivity contribution is -0.119. The maximum atomic E-state index is 12.5. The fraction of sp³-hybridized carbons (Fsp3) is 0.350. The number of amides is 1. The molecule has 0 saturated heterocycles. The van der Waals surface area contributed by atoms with Gasteiger partial charge in [0.05, 0.1) is 11.8 Å². The first-order valence-electron chi connectivity index (χ1n) is 8.44. The van der Waals surface area contributed by atoms with Gasteiger partial charge in [0.1, 0.15) is 11.4 Å². The number of rotatable bonds is 5. The zero-order chi connectivity index (χ0) is 18.7. The van der Waals surface area contributed by atoms with Gasteiger partial charge >= 0.3 is 0 Å². The maximum Gasteiger partial charge on any atom is 0.230 e. The molecule has 1 amide bonds. The summed E-state index contributed by atoms with van der Waals surface area (Å²) in [7, 11) is 0. The molecule has 0 aromatic heterocycles. The highest BCUT2D eigenvalue weighted by molar-refractivity contribution is 7.99. The molecule has 3 rings (SSSR count). The average molecular weight is 410 g/mol. The Bertz CT molecular complexity index is 790. The molecule has 0 bridgehead atoms. The lowest BCUT2D eigenvalue weighted by Gasteiger charge is -2.37. The van der Waals surface area contributed by atoms with Crippen molar-refractivity contribution in [3.05, 3.63) is 63.6 Å². The van der Waals surface area contributed by atoms with Gasteiger partial charge in [0.15, 0.2) is 0 Å². The van der Waals surface area contributed by atoms with Crippen LogP contribution in [-0.2, 0) is 10.5 Å². The number of para-hydroxylation sites is 1. The molecule has 0 spiro atoms. The topological polar surface area (TPSA) is 38.3 Å². The summed E-state index contributed by atoms with van der Waals surface area (Å²) >= 11 is 13.9. The van der Waals surface area contributed by atoms with Gasteiger partial charge in [-0.3, -0.25) is 4.79 Å². The molecule has 1 heterocycles. The van der Waals surface area contributed by atoms with E-state index in [2.05, 4.69) is 5.32 Å². The molecule has 0 saturated carbocycles. The number of hydrogen-bond donors (Lipinski definition) is 1. The van der Waals surface area contributed by atoms with E-state index in [0.717, 1.165) is 23.3 Å². The van der Waals surface area contributed by atoms with Gasteiger partial charge in [0.25, 0.3) is 0 Å². The van der Waals surface area contributed by atoms with Crippen LogP contribution >= 0.6 is 35.0 Å². The van der Waals surface area contributed by atoms with Crippen molar-refractivity contribution in [2.45, 2.75) is 37.7 Å². The van der Waals surface area contributed by atoms with E-state index < -0.39 is 0 Å². The summed E-state index contributed by atoms with van der Waals surface area (Å²) in [6.45, 7) is 4.08. The number of thioether (sulfide) groups is 1. The summed E-state index contributed by atoms with van der Waals surface area (Å²) in [4.78, 5) is 12.5. The molecular weight excluding hydrogens is 389 g/mol. The van der Waals surface area contributed by atoms with Gasteiger partial charge in [-0.15, -0.1) is 11.8 Å². The highest BCUT2D eigenvalue weighted by atomic mass is 35.5. The molecule has 1 aliphatic rings. The van der Waals surface area contributed by atoms with Crippen molar-refractivity contribution in [1.29, 1.82) is 0 Å². The number of halogens is 2. The van der Waals surface area contributed by atoms with E-state index in [-0.39, 0.29) is 17.6 Å². The first kappa shape index (κ1) is 19.4. The smallest absolute Gasteiger partial charge is 0.230 e. The van der Waals surface area contributed by atoms with E-state index in [9.17, 15) is 4.79 Å². The molecule has 0 aliphatic carbocycles. The molecule has 1 atom stereocenters. The van der Waals surface area contributed by atoms with Crippen LogP contribution in [-0.4, -0.2) is 17.3 Å². The normalized spacial score (nSPS) is 17.9. The summed E-state index contributed by atoms with van der Waals surface area (Å²) < 4.78 is 6.01. The molecule has 0 unspecified atom stereocenters. The molecule has 6 heteroatoms. The van der Waals surface area contributed by atoms with Crippen LogP contribution < -0.4 is 10.1 Å². The summed E-state index contributed by atoms with van der Waals surface area (Å²) in [6, 6.07) is 13.3. The Morgan fingerprint density at radius 1 is 1.19 bits per heavy atom. The first-order chi connectivity index (χ1) is 12.4. The van der Waals surface area contributed by atoms with Gasteiger partial charge in [0.2, 0.25) is 5.91 Å². The Labute approximate surface area is 168 Å². The third kappa shape index (κ3) is 4.67. The molecule has 2 aromatic rings. The van der Waals surface area contributed by atoms with Gasteiger partial charge in [0, 0.05) is 27.8 Å². The maximum absolute atomic E-state index is 12.5. The molecule has 26 heavy (non-hydrogen) atoms. The van der Waals surface area contributed by atoms with Crippen LogP contribution in [0.5, 0.6) is 5.75 Å². The second kappa shape index (κ2) is 8.12. The summed E-state index contributed by atoms with van der Waals surface area (Å²) in [6.07, 6.45) is 0.733. The summed E-state index contributed by atoms with van der Waals surface area (Å²) in [5.74, 6) is 1.78. The molecule has 1 N–H and O–H groups in total. The van der Waals surface area contributed by atoms with Crippen molar-refractivity contribution < 1.29 is 9.53 Å². The fourth-order valence-corrected chi connectivity index (χ4v) is 4.66. The molecule has 0 fully saturated rings. The largest absolute Gasteiger partial charge is 0.487 e. The van der Waals surface area contributed by atoms with Crippen LogP contribution in [0, 0.1) is 0 Å². The van der Waals surface area contributed by atoms with Gasteiger partial charge in [-0.25, -0.2) is 0 Å². The van der Waals surface area contributed by atoms with Crippen LogP contribution in [0.25, 0.3) is 0 Å². The van der Waals surface area contributed by atoms with E-state index in [1.165, 1.54) is 11.8 Å². The number of nitrogens with one attached hydrogen (secondary N) is 1. The number of hydrogen-bond acceptors (Lipinski definition) is 3.